The van der Waals surface area contributed by atoms with Gasteiger partial charge in [-0.1, -0.05) is 11.3 Å². The van der Waals surface area contributed by atoms with Gasteiger partial charge in [0.1, 0.15) is 11.2 Å². The van der Waals surface area contributed by atoms with Crippen LogP contribution in [-0.2, 0) is 0 Å². The second-order valence-corrected chi connectivity index (χ2v) is 3.54. The van der Waals surface area contributed by atoms with Crippen LogP contribution in [0.5, 0.6) is 0 Å². The maximum atomic E-state index is 5.18. The first-order valence-electron chi connectivity index (χ1n) is 3.44. The first-order valence-corrected chi connectivity index (χ1v) is 4.32. The Morgan fingerprint density at radius 1 is 1.75 bits per heavy atom. The molecule has 1 heterocycles. The van der Waals surface area contributed by atoms with E-state index in [1.54, 1.807) is 5.51 Å². The smallest absolute Gasteiger partial charge is 0.207 e. The van der Waals surface area contributed by atoms with Gasteiger partial charge >= 0.3 is 0 Å². The van der Waals surface area contributed by atoms with Crippen molar-refractivity contribution in [1.82, 2.24) is 10.2 Å². The van der Waals surface area contributed by atoms with Crippen LogP contribution in [0.4, 0.5) is 5.13 Å². The molecule has 1 aromatic heterocycles. The third-order valence-electron chi connectivity index (χ3n) is 1.17. The molecule has 0 spiro atoms. The number of hydrogen-bond donors (Lipinski definition) is 2. The van der Waals surface area contributed by atoms with Crippen LogP contribution in [0.25, 0.3) is 0 Å². The van der Waals surface area contributed by atoms with Crippen molar-refractivity contribution in [2.24, 2.45) is 10.7 Å². The lowest BCUT2D eigenvalue weighted by Gasteiger charge is -2.19. The summed E-state index contributed by atoms with van der Waals surface area (Å²) < 4.78 is 0. The summed E-state index contributed by atoms with van der Waals surface area (Å²) in [7, 11) is 0. The molecule has 0 atom stereocenters. The van der Waals surface area contributed by atoms with Gasteiger partial charge in [0.2, 0.25) is 5.13 Å². The van der Waals surface area contributed by atoms with Gasteiger partial charge in [-0.25, -0.2) is 4.99 Å². The molecule has 1 rings (SSSR count). The lowest BCUT2D eigenvalue weighted by atomic mass is 10.3. The fraction of sp³-hybridized carbons (Fsp3) is 0.500. The van der Waals surface area contributed by atoms with E-state index in [1.165, 1.54) is 17.7 Å². The molecular weight excluding hydrogens is 174 g/mol. The van der Waals surface area contributed by atoms with Crippen LogP contribution in [0.2, 0.25) is 0 Å². The van der Waals surface area contributed by atoms with Crippen molar-refractivity contribution >= 4 is 22.8 Å². The lowest BCUT2D eigenvalue weighted by Crippen LogP contribution is -2.29. The number of rotatable bonds is 3. The molecule has 3 N–H and O–H groups in total. The number of nitrogens with zero attached hydrogens (tertiary/aromatic N) is 3. The summed E-state index contributed by atoms with van der Waals surface area (Å²) in [5.41, 5.74) is 6.41. The van der Waals surface area contributed by atoms with Gasteiger partial charge in [-0.15, -0.1) is 10.2 Å². The average Bonchev–Trinajstić information content (AvgIpc) is 2.38. The molecule has 0 amide bonds. The predicted molar refractivity (Wildman–Crippen MR) is 50.3 cm³/mol. The van der Waals surface area contributed by atoms with Crippen molar-refractivity contribution in [1.29, 1.82) is 0 Å². The molecule has 1 aromatic rings. The van der Waals surface area contributed by atoms with Crippen molar-refractivity contribution in [2.75, 3.05) is 5.32 Å². The molecule has 0 unspecified atom stereocenters. The molecule has 6 heteroatoms. The Bertz CT molecular complexity index is 253. The third kappa shape index (κ3) is 2.46. The van der Waals surface area contributed by atoms with Gasteiger partial charge in [0.25, 0.3) is 0 Å². The largest absolute Gasteiger partial charge is 0.390 e. The van der Waals surface area contributed by atoms with Crippen LogP contribution in [0.15, 0.2) is 10.5 Å². The van der Waals surface area contributed by atoms with Crippen molar-refractivity contribution in [3.8, 4) is 0 Å². The fourth-order valence-corrected chi connectivity index (χ4v) is 1.30. The Kier molecular flexibility index (Phi) is 2.59. The normalized spacial score (nSPS) is 12.2. The van der Waals surface area contributed by atoms with Gasteiger partial charge in [-0.05, 0) is 13.8 Å². The van der Waals surface area contributed by atoms with Crippen LogP contribution in [-0.4, -0.2) is 22.2 Å². The van der Waals surface area contributed by atoms with Crippen molar-refractivity contribution in [3.63, 3.8) is 0 Å². The van der Waals surface area contributed by atoms with E-state index in [0.717, 1.165) is 5.13 Å². The van der Waals surface area contributed by atoms with Crippen LogP contribution in [0.3, 0.4) is 0 Å². The molecule has 0 saturated heterocycles. The molecule has 0 bridgehead atoms. The van der Waals surface area contributed by atoms with Crippen LogP contribution >= 0.6 is 11.3 Å². The minimum Gasteiger partial charge on any atom is -0.390 e. The van der Waals surface area contributed by atoms with Crippen molar-refractivity contribution < 1.29 is 0 Å². The second-order valence-electron chi connectivity index (χ2n) is 2.71. The molecule has 0 saturated carbocycles. The zero-order valence-electron chi connectivity index (χ0n) is 6.98. The zero-order valence-corrected chi connectivity index (χ0v) is 7.80. The highest BCUT2D eigenvalue weighted by atomic mass is 32.1. The minimum absolute atomic E-state index is 0.422. The number of nitrogens with one attached hydrogen (secondary N) is 1. The van der Waals surface area contributed by atoms with Crippen molar-refractivity contribution in [3.05, 3.63) is 5.51 Å². The van der Waals surface area contributed by atoms with E-state index in [2.05, 4.69) is 20.5 Å². The molecule has 0 aromatic carbocycles. The fourth-order valence-electron chi connectivity index (χ4n) is 0.708. The highest BCUT2D eigenvalue weighted by Gasteiger charge is 2.15. The van der Waals surface area contributed by atoms with E-state index in [1.807, 2.05) is 13.8 Å². The number of aliphatic imine (C=N–C) groups is 1. The summed E-state index contributed by atoms with van der Waals surface area (Å²) in [4.78, 5) is 4.01. The summed E-state index contributed by atoms with van der Waals surface area (Å²) in [5.74, 6) is 0. The van der Waals surface area contributed by atoms with Gasteiger partial charge in [-0.2, -0.15) is 0 Å². The number of hydrogen-bond acceptors (Lipinski definition) is 5. The summed E-state index contributed by atoms with van der Waals surface area (Å²) >= 11 is 1.43. The third-order valence-corrected chi connectivity index (χ3v) is 1.78. The van der Waals surface area contributed by atoms with Gasteiger partial charge in [0, 0.05) is 0 Å². The van der Waals surface area contributed by atoms with E-state index in [-0.39, 0.29) is 0 Å². The van der Waals surface area contributed by atoms with Gasteiger partial charge in [0.05, 0.1) is 6.34 Å². The molecule has 5 nitrogen and oxygen atoms in total. The topological polar surface area (TPSA) is 76.2 Å². The van der Waals surface area contributed by atoms with Crippen molar-refractivity contribution in [2.45, 2.75) is 19.5 Å². The first kappa shape index (κ1) is 8.92. The molecular formula is C6H11N5S. The maximum absolute atomic E-state index is 5.18. The lowest BCUT2D eigenvalue weighted by molar-refractivity contribution is 0.602. The molecule has 0 aliphatic rings. The molecule has 66 valence electrons. The van der Waals surface area contributed by atoms with Gasteiger partial charge in [0.15, 0.2) is 0 Å². The number of anilines is 1. The highest BCUT2D eigenvalue weighted by Crippen LogP contribution is 2.16. The second kappa shape index (κ2) is 3.48. The summed E-state index contributed by atoms with van der Waals surface area (Å²) in [6.07, 6.45) is 1.27. The van der Waals surface area contributed by atoms with E-state index in [9.17, 15) is 0 Å². The Labute approximate surface area is 74.7 Å². The standard InChI is InChI=1S/C6H11N5S/c1-6(2,8-3-7)10-5-11-9-4-12-5/h3-4H,1-2H3,(H2,7,8)(H,10,11). The quantitative estimate of drug-likeness (QED) is 0.536. The van der Waals surface area contributed by atoms with Gasteiger partial charge in [-0.3, -0.25) is 0 Å². The summed E-state index contributed by atoms with van der Waals surface area (Å²) in [6.45, 7) is 3.80. The molecule has 0 fully saturated rings. The zero-order chi connectivity index (χ0) is 9.03. The van der Waals surface area contributed by atoms with Crippen LogP contribution < -0.4 is 11.1 Å². The summed E-state index contributed by atoms with van der Waals surface area (Å²) in [5, 5.41) is 11.3. The SMILES string of the molecule is CC(C)(/N=C\N)Nc1nncs1. The molecule has 0 radical (unpaired) electrons. The monoisotopic (exact) mass is 185 g/mol. The average molecular weight is 185 g/mol. The van der Waals surface area contributed by atoms with E-state index in [0.29, 0.717) is 0 Å². The Morgan fingerprint density at radius 2 is 2.50 bits per heavy atom. The predicted octanol–water partition coefficient (Wildman–Crippen LogP) is 0.673. The Balaban J connectivity index is 2.62. The Morgan fingerprint density at radius 3 is 3.00 bits per heavy atom. The molecule has 12 heavy (non-hydrogen) atoms. The minimum atomic E-state index is -0.422. The maximum Gasteiger partial charge on any atom is 0.207 e. The van der Waals surface area contributed by atoms with E-state index in [4.69, 9.17) is 5.73 Å². The Hall–Kier alpha value is -1.17. The van der Waals surface area contributed by atoms with Gasteiger partial charge < -0.3 is 11.1 Å². The van der Waals surface area contributed by atoms with E-state index < -0.39 is 5.66 Å². The molecule has 0 aliphatic heterocycles. The molecule has 0 aliphatic carbocycles. The first-order chi connectivity index (χ1) is 5.64. The number of nitrogens with two attached hydrogens (primary N) is 1. The number of aromatic nitrogens is 2. The van der Waals surface area contributed by atoms with Crippen LogP contribution in [0, 0.1) is 0 Å². The summed E-state index contributed by atoms with van der Waals surface area (Å²) in [6, 6.07) is 0. The van der Waals surface area contributed by atoms with E-state index >= 15 is 0 Å². The highest BCUT2D eigenvalue weighted by molar-refractivity contribution is 7.13. The van der Waals surface area contributed by atoms with Crippen LogP contribution in [0.1, 0.15) is 13.8 Å².